The molecule has 0 fully saturated rings. The van der Waals surface area contributed by atoms with Gasteiger partial charge in [-0.3, -0.25) is 0 Å². The van der Waals surface area contributed by atoms with Crippen LogP contribution in [0.4, 0.5) is 16.4 Å². The standard InChI is InChI=1S/C11H11ClN2S/c1-14(11-3-2-6-15-11)10-5-4-8(12)7-9(10)13/h2-7H,13H2,1H3. The van der Waals surface area contributed by atoms with Crippen LogP contribution in [0.15, 0.2) is 35.7 Å². The molecule has 0 spiro atoms. The molecule has 1 aromatic heterocycles. The Balaban J connectivity index is 2.38. The Morgan fingerprint density at radius 1 is 1.33 bits per heavy atom. The van der Waals surface area contributed by atoms with Crippen molar-refractivity contribution in [2.75, 3.05) is 17.7 Å². The van der Waals surface area contributed by atoms with Crippen LogP contribution >= 0.6 is 22.9 Å². The average molecular weight is 239 g/mol. The van der Waals surface area contributed by atoms with E-state index in [1.807, 2.05) is 30.6 Å². The lowest BCUT2D eigenvalue weighted by Crippen LogP contribution is -2.09. The SMILES string of the molecule is CN(c1cccs1)c1ccc(Cl)cc1N. The molecule has 0 aliphatic carbocycles. The minimum absolute atomic E-state index is 0.663. The predicted molar refractivity (Wildman–Crippen MR) is 68.2 cm³/mol. The molecular formula is C11H11ClN2S. The number of benzene rings is 1. The largest absolute Gasteiger partial charge is 0.397 e. The fourth-order valence-corrected chi connectivity index (χ4v) is 2.30. The fourth-order valence-electron chi connectivity index (χ4n) is 1.41. The zero-order valence-corrected chi connectivity index (χ0v) is 9.85. The maximum atomic E-state index is 5.91. The third-order valence-electron chi connectivity index (χ3n) is 2.19. The molecule has 0 atom stereocenters. The van der Waals surface area contributed by atoms with Crippen LogP contribution in [0.2, 0.25) is 5.02 Å². The molecule has 0 aliphatic rings. The van der Waals surface area contributed by atoms with Gasteiger partial charge in [0.05, 0.1) is 16.4 Å². The van der Waals surface area contributed by atoms with Gasteiger partial charge in [-0.1, -0.05) is 11.6 Å². The smallest absolute Gasteiger partial charge is 0.0951 e. The molecule has 15 heavy (non-hydrogen) atoms. The molecule has 0 aliphatic heterocycles. The second-order valence-corrected chi connectivity index (χ2v) is 4.58. The number of nitrogens with zero attached hydrogens (tertiary/aromatic N) is 1. The summed E-state index contributed by atoms with van der Waals surface area (Å²) in [5.41, 5.74) is 7.57. The van der Waals surface area contributed by atoms with E-state index < -0.39 is 0 Å². The Bertz CT molecular complexity index is 454. The van der Waals surface area contributed by atoms with Crippen LogP contribution in [-0.2, 0) is 0 Å². The number of thiophene rings is 1. The van der Waals surface area contributed by atoms with Gasteiger partial charge in [-0.25, -0.2) is 0 Å². The van der Waals surface area contributed by atoms with Crippen molar-refractivity contribution in [1.82, 2.24) is 0 Å². The summed E-state index contributed by atoms with van der Waals surface area (Å²) in [5, 5.41) is 3.86. The monoisotopic (exact) mass is 238 g/mol. The van der Waals surface area contributed by atoms with Crippen molar-refractivity contribution in [3.63, 3.8) is 0 Å². The predicted octanol–water partition coefficient (Wildman–Crippen LogP) is 3.75. The molecule has 2 rings (SSSR count). The molecule has 0 unspecified atom stereocenters. The zero-order valence-electron chi connectivity index (χ0n) is 8.27. The highest BCUT2D eigenvalue weighted by Gasteiger charge is 2.08. The second kappa shape index (κ2) is 4.13. The van der Waals surface area contributed by atoms with Crippen molar-refractivity contribution in [1.29, 1.82) is 0 Å². The molecule has 2 N–H and O–H groups in total. The molecular weight excluding hydrogens is 228 g/mol. The lowest BCUT2D eigenvalue weighted by Gasteiger charge is -2.19. The van der Waals surface area contributed by atoms with Crippen LogP contribution in [0.25, 0.3) is 0 Å². The molecule has 78 valence electrons. The van der Waals surface area contributed by atoms with E-state index in [0.29, 0.717) is 10.7 Å². The van der Waals surface area contributed by atoms with Crippen LogP contribution in [0.1, 0.15) is 0 Å². The first-order valence-corrected chi connectivity index (χ1v) is 5.76. The average Bonchev–Trinajstić information content (AvgIpc) is 2.69. The number of nitrogen functional groups attached to an aromatic ring is 1. The summed E-state index contributed by atoms with van der Waals surface area (Å²) in [7, 11) is 1.99. The Morgan fingerprint density at radius 3 is 2.73 bits per heavy atom. The molecule has 0 amide bonds. The van der Waals surface area contributed by atoms with Gasteiger partial charge in [0.1, 0.15) is 0 Å². The summed E-state index contributed by atoms with van der Waals surface area (Å²) in [6, 6.07) is 9.61. The molecule has 2 aromatic rings. The lowest BCUT2D eigenvalue weighted by atomic mass is 10.2. The molecule has 0 radical (unpaired) electrons. The highest BCUT2D eigenvalue weighted by molar-refractivity contribution is 7.14. The maximum absolute atomic E-state index is 5.91. The number of nitrogens with two attached hydrogens (primary N) is 1. The molecule has 0 bridgehead atoms. The quantitative estimate of drug-likeness (QED) is 0.808. The van der Waals surface area contributed by atoms with Gasteiger partial charge in [0.15, 0.2) is 0 Å². The second-order valence-electron chi connectivity index (χ2n) is 3.21. The summed E-state index contributed by atoms with van der Waals surface area (Å²) in [4.78, 5) is 2.05. The van der Waals surface area contributed by atoms with Crippen molar-refractivity contribution in [3.8, 4) is 0 Å². The van der Waals surface area contributed by atoms with Crippen LogP contribution in [-0.4, -0.2) is 7.05 Å². The normalized spacial score (nSPS) is 10.3. The lowest BCUT2D eigenvalue weighted by molar-refractivity contribution is 1.24. The van der Waals surface area contributed by atoms with Gasteiger partial charge < -0.3 is 10.6 Å². The highest BCUT2D eigenvalue weighted by Crippen LogP contribution is 2.33. The number of hydrogen-bond donors (Lipinski definition) is 1. The van der Waals surface area contributed by atoms with Crippen LogP contribution in [0.3, 0.4) is 0 Å². The van der Waals surface area contributed by atoms with E-state index in [4.69, 9.17) is 17.3 Å². The third-order valence-corrected chi connectivity index (χ3v) is 3.37. The molecule has 1 heterocycles. The van der Waals surface area contributed by atoms with Crippen molar-refractivity contribution < 1.29 is 0 Å². The van der Waals surface area contributed by atoms with Gasteiger partial charge in [-0.15, -0.1) is 11.3 Å². The Hall–Kier alpha value is -1.19. The van der Waals surface area contributed by atoms with E-state index in [-0.39, 0.29) is 0 Å². The summed E-state index contributed by atoms with van der Waals surface area (Å²) in [6.07, 6.45) is 0. The topological polar surface area (TPSA) is 29.3 Å². The Morgan fingerprint density at radius 2 is 2.13 bits per heavy atom. The minimum Gasteiger partial charge on any atom is -0.397 e. The van der Waals surface area contributed by atoms with Crippen LogP contribution in [0, 0.1) is 0 Å². The number of rotatable bonds is 2. The van der Waals surface area contributed by atoms with E-state index in [1.54, 1.807) is 17.4 Å². The van der Waals surface area contributed by atoms with Gasteiger partial charge >= 0.3 is 0 Å². The molecule has 4 heteroatoms. The van der Waals surface area contributed by atoms with Crippen LogP contribution < -0.4 is 10.6 Å². The highest BCUT2D eigenvalue weighted by atomic mass is 35.5. The summed E-state index contributed by atoms with van der Waals surface area (Å²) >= 11 is 7.53. The Kier molecular flexibility index (Phi) is 2.84. The summed E-state index contributed by atoms with van der Waals surface area (Å²) in [6.45, 7) is 0. The van der Waals surface area contributed by atoms with E-state index in [9.17, 15) is 0 Å². The van der Waals surface area contributed by atoms with E-state index >= 15 is 0 Å². The first kappa shape index (κ1) is 10.3. The van der Waals surface area contributed by atoms with Crippen molar-refractivity contribution >= 4 is 39.3 Å². The number of anilines is 3. The third kappa shape index (κ3) is 2.08. The first-order chi connectivity index (χ1) is 7.18. The number of halogens is 1. The van der Waals surface area contributed by atoms with E-state index in [2.05, 4.69) is 11.0 Å². The van der Waals surface area contributed by atoms with Crippen LogP contribution in [0.5, 0.6) is 0 Å². The summed E-state index contributed by atoms with van der Waals surface area (Å²) < 4.78 is 0. The van der Waals surface area contributed by atoms with Crippen molar-refractivity contribution in [2.24, 2.45) is 0 Å². The molecule has 0 saturated carbocycles. The van der Waals surface area contributed by atoms with Gasteiger partial charge in [0.25, 0.3) is 0 Å². The molecule has 0 saturated heterocycles. The van der Waals surface area contributed by atoms with Gasteiger partial charge in [-0.05, 0) is 35.7 Å². The van der Waals surface area contributed by atoms with Gasteiger partial charge in [0.2, 0.25) is 0 Å². The minimum atomic E-state index is 0.663. The van der Waals surface area contributed by atoms with Gasteiger partial charge in [0, 0.05) is 12.1 Å². The van der Waals surface area contributed by atoms with E-state index in [1.165, 1.54) is 0 Å². The molecule has 2 nitrogen and oxygen atoms in total. The fraction of sp³-hybridized carbons (Fsp3) is 0.0909. The van der Waals surface area contributed by atoms with Crippen molar-refractivity contribution in [3.05, 3.63) is 40.7 Å². The first-order valence-electron chi connectivity index (χ1n) is 4.51. The van der Waals surface area contributed by atoms with Gasteiger partial charge in [-0.2, -0.15) is 0 Å². The Labute approximate surface area is 97.9 Å². The molecule has 1 aromatic carbocycles. The van der Waals surface area contributed by atoms with E-state index in [0.717, 1.165) is 10.7 Å². The van der Waals surface area contributed by atoms with Crippen molar-refractivity contribution in [2.45, 2.75) is 0 Å². The maximum Gasteiger partial charge on any atom is 0.0951 e. The number of hydrogen-bond acceptors (Lipinski definition) is 3. The summed E-state index contributed by atoms with van der Waals surface area (Å²) in [5.74, 6) is 0. The zero-order chi connectivity index (χ0) is 10.8.